The first-order valence-electron chi connectivity index (χ1n) is 7.41. The minimum Gasteiger partial charge on any atom is -0.462 e. The predicted molar refractivity (Wildman–Crippen MR) is 78.4 cm³/mol. The van der Waals surface area contributed by atoms with Gasteiger partial charge in [0.05, 0.1) is 10.5 Å². The van der Waals surface area contributed by atoms with Crippen LogP contribution in [0.25, 0.3) is 0 Å². The second-order valence-electron chi connectivity index (χ2n) is 5.91. The molecular weight excluding hydrogens is 302 g/mol. The molecule has 0 aliphatic heterocycles. The highest BCUT2D eigenvalue weighted by atomic mass is 16.6. The first kappa shape index (κ1) is 15.5. The third-order valence-corrected chi connectivity index (χ3v) is 4.36. The van der Waals surface area contributed by atoms with E-state index in [-0.39, 0.29) is 41.3 Å². The fourth-order valence-corrected chi connectivity index (χ4v) is 3.33. The summed E-state index contributed by atoms with van der Waals surface area (Å²) in [7, 11) is 0. The standard InChI is InChI=1S/C16H16NO6/c1-9(18)22-14-7-12-6-11(14)8-15(12)23-16(19)10-2-4-13(5-3-10)17(20)21/h2-5,7,11-12,14-15H,6,8H2,1H3/t11-,12-,14+,15+/m0/s1. The van der Waals surface area contributed by atoms with Crippen molar-refractivity contribution in [2.24, 2.45) is 11.8 Å². The summed E-state index contributed by atoms with van der Waals surface area (Å²) in [6.07, 6.45) is 3.03. The molecule has 1 radical (unpaired) electrons. The van der Waals surface area contributed by atoms with Crippen molar-refractivity contribution in [3.05, 3.63) is 46.4 Å². The number of non-ortho nitro benzene ring substituents is 1. The third kappa shape index (κ3) is 3.18. The summed E-state index contributed by atoms with van der Waals surface area (Å²) in [5, 5.41) is 10.6. The molecule has 0 N–H and O–H groups in total. The van der Waals surface area contributed by atoms with Crippen LogP contribution in [0.15, 0.2) is 24.3 Å². The van der Waals surface area contributed by atoms with E-state index in [1.165, 1.54) is 31.2 Å². The van der Waals surface area contributed by atoms with E-state index in [0.717, 1.165) is 6.42 Å². The van der Waals surface area contributed by atoms with E-state index >= 15 is 0 Å². The van der Waals surface area contributed by atoms with Gasteiger partial charge in [0, 0.05) is 37.3 Å². The Hall–Kier alpha value is -2.44. The van der Waals surface area contributed by atoms with Gasteiger partial charge in [0.2, 0.25) is 0 Å². The molecule has 1 aromatic rings. The van der Waals surface area contributed by atoms with Crippen molar-refractivity contribution >= 4 is 17.6 Å². The van der Waals surface area contributed by atoms with Gasteiger partial charge in [0.15, 0.2) is 0 Å². The van der Waals surface area contributed by atoms with Crippen molar-refractivity contribution in [2.45, 2.75) is 32.0 Å². The number of nitro benzene ring substituents is 1. The van der Waals surface area contributed by atoms with Crippen LogP contribution in [0.5, 0.6) is 0 Å². The average Bonchev–Trinajstić information content (AvgIpc) is 3.06. The lowest BCUT2D eigenvalue weighted by Crippen LogP contribution is -2.32. The molecule has 0 saturated heterocycles. The molecule has 4 atom stereocenters. The molecule has 2 fully saturated rings. The number of hydrogen-bond donors (Lipinski definition) is 0. The lowest BCUT2D eigenvalue weighted by atomic mass is 9.95. The van der Waals surface area contributed by atoms with Crippen molar-refractivity contribution in [3.8, 4) is 0 Å². The number of hydrogen-bond acceptors (Lipinski definition) is 6. The lowest BCUT2D eigenvalue weighted by Gasteiger charge is -2.27. The van der Waals surface area contributed by atoms with Gasteiger partial charge in [0.1, 0.15) is 12.2 Å². The number of esters is 2. The maximum Gasteiger partial charge on any atom is 0.338 e. The second-order valence-corrected chi connectivity index (χ2v) is 5.91. The first-order valence-corrected chi connectivity index (χ1v) is 7.41. The zero-order valence-electron chi connectivity index (χ0n) is 12.5. The van der Waals surface area contributed by atoms with E-state index < -0.39 is 10.9 Å². The molecule has 3 rings (SSSR count). The number of fused-ring (bicyclic) bond motifs is 2. The zero-order chi connectivity index (χ0) is 16.6. The Kier molecular flexibility index (Phi) is 4.02. The van der Waals surface area contributed by atoms with Crippen molar-refractivity contribution < 1.29 is 24.0 Å². The Balaban J connectivity index is 1.58. The summed E-state index contributed by atoms with van der Waals surface area (Å²) in [5.74, 6) is -0.516. The summed E-state index contributed by atoms with van der Waals surface area (Å²) >= 11 is 0. The van der Waals surface area contributed by atoms with E-state index in [0.29, 0.717) is 6.42 Å². The summed E-state index contributed by atoms with van der Waals surface area (Å²) in [4.78, 5) is 33.2. The Morgan fingerprint density at radius 1 is 1.17 bits per heavy atom. The molecule has 0 spiro atoms. The van der Waals surface area contributed by atoms with Gasteiger partial charge in [-0.05, 0) is 25.0 Å². The molecule has 0 aromatic heterocycles. The Bertz CT molecular complexity index is 640. The number of carbonyl (C=O) groups is 2. The van der Waals surface area contributed by atoms with E-state index in [1.807, 2.05) is 6.42 Å². The smallest absolute Gasteiger partial charge is 0.338 e. The predicted octanol–water partition coefficient (Wildman–Crippen LogP) is 2.30. The van der Waals surface area contributed by atoms with Gasteiger partial charge < -0.3 is 9.47 Å². The third-order valence-electron chi connectivity index (χ3n) is 4.36. The van der Waals surface area contributed by atoms with Gasteiger partial charge >= 0.3 is 11.9 Å². The van der Waals surface area contributed by atoms with Crippen molar-refractivity contribution in [1.82, 2.24) is 0 Å². The highest BCUT2D eigenvalue weighted by molar-refractivity contribution is 5.89. The average molecular weight is 318 g/mol. The van der Waals surface area contributed by atoms with Crippen molar-refractivity contribution in [2.75, 3.05) is 0 Å². The first-order chi connectivity index (χ1) is 10.9. The Morgan fingerprint density at radius 3 is 2.39 bits per heavy atom. The molecular formula is C16H16NO6. The number of benzene rings is 1. The maximum atomic E-state index is 12.1. The Morgan fingerprint density at radius 2 is 1.87 bits per heavy atom. The van der Waals surface area contributed by atoms with Gasteiger partial charge in [-0.15, -0.1) is 0 Å². The molecule has 7 heteroatoms. The van der Waals surface area contributed by atoms with Crippen LogP contribution in [-0.4, -0.2) is 29.1 Å². The molecule has 0 heterocycles. The molecule has 7 nitrogen and oxygen atoms in total. The van der Waals surface area contributed by atoms with Crippen LogP contribution in [0.1, 0.15) is 30.1 Å². The van der Waals surface area contributed by atoms with Crippen LogP contribution in [0.2, 0.25) is 0 Å². The van der Waals surface area contributed by atoms with Gasteiger partial charge in [-0.25, -0.2) is 4.79 Å². The number of nitro groups is 1. The van der Waals surface area contributed by atoms with Crippen molar-refractivity contribution in [3.63, 3.8) is 0 Å². The maximum absolute atomic E-state index is 12.1. The minimum atomic E-state index is -0.519. The van der Waals surface area contributed by atoms with E-state index in [9.17, 15) is 19.7 Å². The van der Waals surface area contributed by atoms with E-state index in [4.69, 9.17) is 9.47 Å². The molecule has 2 aliphatic carbocycles. The highest BCUT2D eigenvalue weighted by Crippen LogP contribution is 2.47. The molecule has 2 aliphatic rings. The largest absolute Gasteiger partial charge is 0.462 e. The SMILES string of the molecule is CC(=O)O[C@@H]1[CH][C@@H]2C[C@H]1C[C@H]2OC(=O)c1ccc([N+](=O)[O-])cc1. The number of rotatable bonds is 4. The van der Waals surface area contributed by atoms with Crippen LogP contribution < -0.4 is 0 Å². The van der Waals surface area contributed by atoms with Gasteiger partial charge in [-0.2, -0.15) is 0 Å². The van der Waals surface area contributed by atoms with E-state index in [1.54, 1.807) is 0 Å². The van der Waals surface area contributed by atoms with Crippen LogP contribution >= 0.6 is 0 Å². The van der Waals surface area contributed by atoms with Gasteiger partial charge in [0.25, 0.3) is 5.69 Å². The lowest BCUT2D eigenvalue weighted by molar-refractivity contribution is -0.384. The topological polar surface area (TPSA) is 95.7 Å². The second kappa shape index (κ2) is 5.98. The monoisotopic (exact) mass is 318 g/mol. The highest BCUT2D eigenvalue weighted by Gasteiger charge is 2.49. The normalized spacial score (nSPS) is 28.4. The van der Waals surface area contributed by atoms with Crippen LogP contribution in [-0.2, 0) is 14.3 Å². The fraction of sp³-hybridized carbons (Fsp3) is 0.438. The Labute approximate surface area is 132 Å². The molecule has 2 bridgehead atoms. The number of carbonyl (C=O) groups excluding carboxylic acids is 2. The quantitative estimate of drug-likeness (QED) is 0.480. The summed E-state index contributed by atoms with van der Waals surface area (Å²) < 4.78 is 10.7. The van der Waals surface area contributed by atoms with Gasteiger partial charge in [-0.1, -0.05) is 0 Å². The molecule has 0 amide bonds. The van der Waals surface area contributed by atoms with Crippen LogP contribution in [0.3, 0.4) is 0 Å². The van der Waals surface area contributed by atoms with Crippen molar-refractivity contribution in [1.29, 1.82) is 0 Å². The summed E-state index contributed by atoms with van der Waals surface area (Å²) in [6.45, 7) is 1.38. The molecule has 0 unspecified atom stereocenters. The molecule has 121 valence electrons. The zero-order valence-corrected chi connectivity index (χ0v) is 12.5. The number of nitrogens with zero attached hydrogens (tertiary/aromatic N) is 1. The summed E-state index contributed by atoms with van der Waals surface area (Å²) in [6, 6.07) is 5.33. The van der Waals surface area contributed by atoms with E-state index in [2.05, 4.69) is 0 Å². The minimum absolute atomic E-state index is 0.0703. The van der Waals surface area contributed by atoms with Gasteiger partial charge in [-0.3, -0.25) is 14.9 Å². The van der Waals surface area contributed by atoms with Crippen LogP contribution in [0, 0.1) is 28.4 Å². The molecule has 23 heavy (non-hydrogen) atoms. The molecule has 1 aromatic carbocycles. The number of ether oxygens (including phenoxy) is 2. The van der Waals surface area contributed by atoms with Crippen LogP contribution in [0.4, 0.5) is 5.69 Å². The fourth-order valence-electron chi connectivity index (χ4n) is 3.33. The summed E-state index contributed by atoms with van der Waals surface area (Å²) in [5.41, 5.74) is 0.217. The molecule has 2 saturated carbocycles.